The number of hydrogen-bond donors (Lipinski definition) is 0. The number of carbonyl (C=O) groups excluding carboxylic acids is 2. The standard InChI is InChI=1S/C15H20ClNO4/c1-12(18)20-9-8-15(11-21-13(2)19)17(16)10-14-6-4-3-5-7-14/h3-7,15H,8-11H2,1-2H3/t15-/m0/s1. The minimum atomic E-state index is -0.364. The molecule has 116 valence electrons. The second-order valence-corrected chi connectivity index (χ2v) is 5.06. The van der Waals surface area contributed by atoms with Gasteiger partial charge in [-0.25, -0.2) is 4.42 Å². The molecule has 0 unspecified atom stereocenters. The van der Waals surface area contributed by atoms with Gasteiger partial charge in [0.2, 0.25) is 0 Å². The molecule has 0 aliphatic carbocycles. The molecule has 1 rings (SSSR count). The second kappa shape index (κ2) is 9.37. The zero-order valence-corrected chi connectivity index (χ0v) is 13.0. The summed E-state index contributed by atoms with van der Waals surface area (Å²) < 4.78 is 11.5. The molecule has 1 atom stereocenters. The van der Waals surface area contributed by atoms with E-state index in [0.717, 1.165) is 5.56 Å². The lowest BCUT2D eigenvalue weighted by Gasteiger charge is -2.25. The van der Waals surface area contributed by atoms with Gasteiger partial charge in [0.25, 0.3) is 0 Å². The summed E-state index contributed by atoms with van der Waals surface area (Å²) in [4.78, 5) is 21.7. The van der Waals surface area contributed by atoms with Crippen molar-refractivity contribution >= 4 is 23.7 Å². The number of rotatable bonds is 8. The summed E-state index contributed by atoms with van der Waals surface area (Å²) in [5, 5.41) is 0. The fourth-order valence-corrected chi connectivity index (χ4v) is 2.04. The van der Waals surface area contributed by atoms with Crippen LogP contribution in [-0.2, 0) is 25.6 Å². The van der Waals surface area contributed by atoms with Gasteiger partial charge in [0, 0.05) is 26.8 Å². The van der Waals surface area contributed by atoms with E-state index in [2.05, 4.69) is 0 Å². The molecule has 0 aliphatic rings. The Morgan fingerprint density at radius 3 is 2.33 bits per heavy atom. The van der Waals surface area contributed by atoms with E-state index in [4.69, 9.17) is 21.3 Å². The molecule has 6 heteroatoms. The molecule has 0 amide bonds. The molecule has 5 nitrogen and oxygen atoms in total. The highest BCUT2D eigenvalue weighted by molar-refractivity contribution is 6.13. The summed E-state index contributed by atoms with van der Waals surface area (Å²) >= 11 is 6.28. The van der Waals surface area contributed by atoms with Gasteiger partial charge in [-0.3, -0.25) is 9.59 Å². The molecule has 0 fully saturated rings. The van der Waals surface area contributed by atoms with Crippen LogP contribution in [0.4, 0.5) is 0 Å². The predicted molar refractivity (Wildman–Crippen MR) is 79.5 cm³/mol. The van der Waals surface area contributed by atoms with E-state index in [1.54, 1.807) is 4.42 Å². The molecule has 0 aliphatic heterocycles. The van der Waals surface area contributed by atoms with E-state index >= 15 is 0 Å². The third kappa shape index (κ3) is 7.68. The summed E-state index contributed by atoms with van der Waals surface area (Å²) in [7, 11) is 0. The number of benzene rings is 1. The van der Waals surface area contributed by atoms with E-state index < -0.39 is 0 Å². The van der Waals surface area contributed by atoms with Gasteiger partial charge in [-0.1, -0.05) is 30.3 Å². The summed E-state index contributed by atoms with van der Waals surface area (Å²) in [5.41, 5.74) is 1.05. The van der Waals surface area contributed by atoms with Crippen LogP contribution in [-0.4, -0.2) is 35.6 Å². The normalized spacial score (nSPS) is 12.0. The highest BCUT2D eigenvalue weighted by atomic mass is 35.5. The Morgan fingerprint density at radius 2 is 1.76 bits per heavy atom. The summed E-state index contributed by atoms with van der Waals surface area (Å²) in [5.74, 6) is -0.706. The van der Waals surface area contributed by atoms with Crippen molar-refractivity contribution in [2.75, 3.05) is 13.2 Å². The highest BCUT2D eigenvalue weighted by Crippen LogP contribution is 2.14. The number of hydrogen-bond acceptors (Lipinski definition) is 5. The van der Waals surface area contributed by atoms with Crippen molar-refractivity contribution in [2.24, 2.45) is 0 Å². The van der Waals surface area contributed by atoms with Crippen LogP contribution in [0.3, 0.4) is 0 Å². The van der Waals surface area contributed by atoms with Crippen molar-refractivity contribution in [1.82, 2.24) is 4.42 Å². The third-order valence-corrected chi connectivity index (χ3v) is 3.20. The molecular weight excluding hydrogens is 294 g/mol. The van der Waals surface area contributed by atoms with Gasteiger partial charge in [-0.2, -0.15) is 0 Å². The monoisotopic (exact) mass is 313 g/mol. The molecule has 0 spiro atoms. The predicted octanol–water partition coefficient (Wildman–Crippen LogP) is 2.53. The first-order valence-corrected chi connectivity index (χ1v) is 7.06. The Hall–Kier alpha value is -1.59. The fraction of sp³-hybridized carbons (Fsp3) is 0.467. The number of nitrogens with zero attached hydrogens (tertiary/aromatic N) is 1. The maximum atomic E-state index is 10.9. The van der Waals surface area contributed by atoms with E-state index in [9.17, 15) is 9.59 Å². The number of carbonyl (C=O) groups is 2. The van der Waals surface area contributed by atoms with Crippen molar-refractivity contribution in [1.29, 1.82) is 0 Å². The molecule has 0 heterocycles. The minimum absolute atomic E-state index is 0.160. The van der Waals surface area contributed by atoms with Crippen LogP contribution < -0.4 is 0 Å². The fourth-order valence-electron chi connectivity index (χ4n) is 1.74. The van der Waals surface area contributed by atoms with Crippen molar-refractivity contribution in [3.8, 4) is 0 Å². The van der Waals surface area contributed by atoms with Crippen molar-refractivity contribution < 1.29 is 19.1 Å². The first kappa shape index (κ1) is 17.5. The SMILES string of the molecule is CC(=O)OCC[C@@H](COC(C)=O)N(Cl)Cc1ccccc1. The number of halogens is 1. The molecule has 1 aromatic rings. The zero-order valence-electron chi connectivity index (χ0n) is 12.3. The molecule has 0 aromatic heterocycles. The van der Waals surface area contributed by atoms with Gasteiger partial charge in [-0.05, 0) is 17.3 Å². The van der Waals surface area contributed by atoms with Crippen LogP contribution in [0.15, 0.2) is 30.3 Å². The van der Waals surface area contributed by atoms with Gasteiger partial charge in [0.1, 0.15) is 6.61 Å². The van der Waals surface area contributed by atoms with E-state index in [-0.39, 0.29) is 31.2 Å². The Bertz CT molecular complexity index is 452. The third-order valence-electron chi connectivity index (χ3n) is 2.81. The lowest BCUT2D eigenvalue weighted by atomic mass is 10.2. The van der Waals surface area contributed by atoms with Gasteiger partial charge < -0.3 is 9.47 Å². The highest BCUT2D eigenvalue weighted by Gasteiger charge is 2.19. The van der Waals surface area contributed by atoms with Gasteiger partial charge >= 0.3 is 11.9 Å². The molecule has 0 N–H and O–H groups in total. The first-order chi connectivity index (χ1) is 9.99. The van der Waals surface area contributed by atoms with E-state index in [1.807, 2.05) is 30.3 Å². The lowest BCUT2D eigenvalue weighted by molar-refractivity contribution is -0.144. The largest absolute Gasteiger partial charge is 0.466 e. The molecule has 0 saturated heterocycles. The van der Waals surface area contributed by atoms with Crippen molar-refractivity contribution in [2.45, 2.75) is 32.9 Å². The lowest BCUT2D eigenvalue weighted by Crippen LogP contribution is -2.33. The molecule has 21 heavy (non-hydrogen) atoms. The van der Waals surface area contributed by atoms with Crippen LogP contribution in [0.5, 0.6) is 0 Å². The molecule has 0 radical (unpaired) electrons. The summed E-state index contributed by atoms with van der Waals surface area (Å²) in [6.07, 6.45) is 0.489. The zero-order chi connectivity index (χ0) is 15.7. The van der Waals surface area contributed by atoms with E-state index in [0.29, 0.717) is 13.0 Å². The summed E-state index contributed by atoms with van der Waals surface area (Å²) in [6, 6.07) is 9.49. The number of ether oxygens (including phenoxy) is 2. The Morgan fingerprint density at radius 1 is 1.14 bits per heavy atom. The van der Waals surface area contributed by atoms with Crippen LogP contribution >= 0.6 is 11.8 Å². The number of esters is 2. The van der Waals surface area contributed by atoms with Gasteiger partial charge in [0.15, 0.2) is 0 Å². The average Bonchev–Trinajstić information content (AvgIpc) is 2.43. The summed E-state index contributed by atoms with van der Waals surface area (Å²) in [6.45, 7) is 3.60. The van der Waals surface area contributed by atoms with Crippen LogP contribution in [0, 0.1) is 0 Å². The van der Waals surface area contributed by atoms with Crippen molar-refractivity contribution in [3.05, 3.63) is 35.9 Å². The Kier molecular flexibility index (Phi) is 7.79. The average molecular weight is 314 g/mol. The van der Waals surface area contributed by atoms with Crippen molar-refractivity contribution in [3.63, 3.8) is 0 Å². The maximum absolute atomic E-state index is 10.9. The topological polar surface area (TPSA) is 55.8 Å². The quantitative estimate of drug-likeness (QED) is 0.545. The van der Waals surface area contributed by atoms with E-state index in [1.165, 1.54) is 13.8 Å². The minimum Gasteiger partial charge on any atom is -0.466 e. The van der Waals surface area contributed by atoms with Gasteiger partial charge in [-0.15, -0.1) is 0 Å². The van der Waals surface area contributed by atoms with Gasteiger partial charge in [0.05, 0.1) is 12.6 Å². The Balaban J connectivity index is 2.55. The molecule has 0 bridgehead atoms. The first-order valence-electron chi connectivity index (χ1n) is 6.72. The van der Waals surface area contributed by atoms with Crippen LogP contribution in [0.2, 0.25) is 0 Å². The van der Waals surface area contributed by atoms with Crippen LogP contribution in [0.1, 0.15) is 25.8 Å². The second-order valence-electron chi connectivity index (χ2n) is 4.63. The molecular formula is C15H20ClNO4. The molecule has 0 saturated carbocycles. The smallest absolute Gasteiger partial charge is 0.302 e. The molecule has 1 aromatic carbocycles. The maximum Gasteiger partial charge on any atom is 0.302 e. The van der Waals surface area contributed by atoms with Crippen LogP contribution in [0.25, 0.3) is 0 Å². The Labute approximate surface area is 129 Å².